The second-order valence-electron chi connectivity index (χ2n) is 6.72. The van der Waals surface area contributed by atoms with E-state index < -0.39 is 0 Å². The van der Waals surface area contributed by atoms with E-state index in [1.165, 1.54) is 11.3 Å². The number of carbonyl (C=O) groups is 2. The van der Waals surface area contributed by atoms with Crippen LogP contribution in [-0.4, -0.2) is 31.4 Å². The van der Waals surface area contributed by atoms with E-state index in [4.69, 9.17) is 0 Å². The molecule has 0 saturated carbocycles. The molecule has 3 N–H and O–H groups in total. The first kappa shape index (κ1) is 17.6. The molecule has 5 nitrogen and oxygen atoms in total. The average molecular weight is 357 g/mol. The zero-order valence-electron chi connectivity index (χ0n) is 14.3. The van der Waals surface area contributed by atoms with Crippen LogP contribution in [0.1, 0.15) is 39.8 Å². The number of hydrogen-bond donors (Lipinski definition) is 3. The molecule has 1 aromatic carbocycles. The summed E-state index contributed by atoms with van der Waals surface area (Å²) in [7, 11) is 0. The molecule has 25 heavy (non-hydrogen) atoms. The number of rotatable bonds is 5. The molecule has 0 bridgehead atoms. The van der Waals surface area contributed by atoms with Gasteiger partial charge in [-0.15, -0.1) is 11.3 Å². The fourth-order valence-corrected chi connectivity index (χ4v) is 3.60. The summed E-state index contributed by atoms with van der Waals surface area (Å²) in [6.07, 6.45) is 2.09. The molecule has 2 aromatic rings. The van der Waals surface area contributed by atoms with Gasteiger partial charge < -0.3 is 16.0 Å². The minimum absolute atomic E-state index is 0.121. The van der Waals surface area contributed by atoms with Crippen molar-refractivity contribution in [1.82, 2.24) is 10.6 Å². The second kappa shape index (κ2) is 7.80. The highest BCUT2D eigenvalue weighted by atomic mass is 32.1. The van der Waals surface area contributed by atoms with Crippen LogP contribution in [0, 0.1) is 5.41 Å². The van der Waals surface area contributed by atoms with Crippen molar-refractivity contribution in [2.24, 2.45) is 5.41 Å². The summed E-state index contributed by atoms with van der Waals surface area (Å²) in [5.41, 5.74) is 1.15. The Hall–Kier alpha value is -2.18. The Kier molecular flexibility index (Phi) is 5.50. The van der Waals surface area contributed by atoms with Crippen molar-refractivity contribution < 1.29 is 9.59 Å². The predicted molar refractivity (Wildman–Crippen MR) is 101 cm³/mol. The summed E-state index contributed by atoms with van der Waals surface area (Å²) in [5, 5.41) is 11.1. The molecule has 1 aliphatic rings. The number of piperidine rings is 1. The predicted octanol–water partition coefficient (Wildman–Crippen LogP) is 3.12. The Bertz CT molecular complexity index is 737. The van der Waals surface area contributed by atoms with E-state index in [9.17, 15) is 9.59 Å². The third kappa shape index (κ3) is 4.46. The molecule has 3 rings (SSSR count). The number of anilines is 1. The topological polar surface area (TPSA) is 70.2 Å². The third-order valence-corrected chi connectivity index (χ3v) is 5.52. The largest absolute Gasteiger partial charge is 0.351 e. The summed E-state index contributed by atoms with van der Waals surface area (Å²) in [6.45, 7) is 4.82. The molecule has 1 aliphatic heterocycles. The molecule has 1 fully saturated rings. The first-order valence-corrected chi connectivity index (χ1v) is 9.38. The van der Waals surface area contributed by atoms with Gasteiger partial charge in [-0.25, -0.2) is 0 Å². The quantitative estimate of drug-likeness (QED) is 0.770. The highest BCUT2D eigenvalue weighted by molar-refractivity contribution is 7.12. The summed E-state index contributed by atoms with van der Waals surface area (Å²) in [5.74, 6) is -0.345. The van der Waals surface area contributed by atoms with E-state index in [1.54, 1.807) is 18.2 Å². The molecular weight excluding hydrogens is 334 g/mol. The number of nitrogens with one attached hydrogen (secondary N) is 3. The van der Waals surface area contributed by atoms with Gasteiger partial charge in [0.15, 0.2) is 0 Å². The number of thiophene rings is 1. The standard InChI is InChI=1S/C19H23N3O2S/c1-19(8-10-20-11-9-19)13-21-17(23)14-5-2-3-6-15(14)22-18(24)16-7-4-12-25-16/h2-7,12,20H,8-11,13H2,1H3,(H,21,23)(H,22,24). The van der Waals surface area contributed by atoms with Gasteiger partial charge in [0, 0.05) is 6.54 Å². The molecule has 1 aromatic heterocycles. The Morgan fingerprint density at radius 3 is 2.60 bits per heavy atom. The highest BCUT2D eigenvalue weighted by Gasteiger charge is 2.27. The van der Waals surface area contributed by atoms with Crippen molar-refractivity contribution in [2.45, 2.75) is 19.8 Å². The van der Waals surface area contributed by atoms with Crippen molar-refractivity contribution in [1.29, 1.82) is 0 Å². The highest BCUT2D eigenvalue weighted by Crippen LogP contribution is 2.27. The van der Waals surface area contributed by atoms with Crippen LogP contribution in [0.15, 0.2) is 41.8 Å². The van der Waals surface area contributed by atoms with Crippen molar-refractivity contribution in [3.05, 3.63) is 52.2 Å². The summed E-state index contributed by atoms with van der Waals surface area (Å²) >= 11 is 1.37. The second-order valence-corrected chi connectivity index (χ2v) is 7.67. The van der Waals surface area contributed by atoms with Gasteiger partial charge in [-0.1, -0.05) is 25.1 Å². The van der Waals surface area contributed by atoms with E-state index in [1.807, 2.05) is 23.6 Å². The molecular formula is C19H23N3O2S. The molecule has 0 spiro atoms. The molecule has 132 valence electrons. The average Bonchev–Trinajstić information content (AvgIpc) is 3.16. The summed E-state index contributed by atoms with van der Waals surface area (Å²) < 4.78 is 0. The van der Waals surface area contributed by atoms with Gasteiger partial charge in [-0.2, -0.15) is 0 Å². The maximum atomic E-state index is 12.6. The van der Waals surface area contributed by atoms with Crippen LogP contribution in [0.2, 0.25) is 0 Å². The number of hydrogen-bond acceptors (Lipinski definition) is 4. The lowest BCUT2D eigenvalue weighted by Crippen LogP contribution is -2.43. The zero-order valence-corrected chi connectivity index (χ0v) is 15.1. The van der Waals surface area contributed by atoms with E-state index in [0.717, 1.165) is 25.9 Å². The van der Waals surface area contributed by atoms with E-state index in [2.05, 4.69) is 22.9 Å². The zero-order chi connectivity index (χ0) is 17.7. The van der Waals surface area contributed by atoms with E-state index in [-0.39, 0.29) is 17.2 Å². The molecule has 1 saturated heterocycles. The third-order valence-electron chi connectivity index (χ3n) is 4.65. The normalized spacial score (nSPS) is 16.2. The van der Waals surface area contributed by atoms with Gasteiger partial charge in [0.05, 0.1) is 16.1 Å². The van der Waals surface area contributed by atoms with Crippen LogP contribution in [0.25, 0.3) is 0 Å². The van der Waals surface area contributed by atoms with Crippen LogP contribution >= 0.6 is 11.3 Å². The maximum absolute atomic E-state index is 12.6. The van der Waals surface area contributed by atoms with Crippen LogP contribution < -0.4 is 16.0 Å². The van der Waals surface area contributed by atoms with Crippen LogP contribution in [0.5, 0.6) is 0 Å². The molecule has 2 heterocycles. The number of carbonyl (C=O) groups excluding carboxylic acids is 2. The molecule has 0 unspecified atom stereocenters. The first-order valence-electron chi connectivity index (χ1n) is 8.50. The lowest BCUT2D eigenvalue weighted by atomic mass is 9.81. The van der Waals surface area contributed by atoms with Crippen molar-refractivity contribution in [3.63, 3.8) is 0 Å². The van der Waals surface area contributed by atoms with Crippen molar-refractivity contribution in [3.8, 4) is 0 Å². The van der Waals surface area contributed by atoms with Crippen LogP contribution in [-0.2, 0) is 0 Å². The summed E-state index contributed by atoms with van der Waals surface area (Å²) in [4.78, 5) is 25.5. The van der Waals surface area contributed by atoms with E-state index in [0.29, 0.717) is 22.7 Å². The number of benzene rings is 1. The Morgan fingerprint density at radius 1 is 1.12 bits per heavy atom. The van der Waals surface area contributed by atoms with Crippen LogP contribution in [0.4, 0.5) is 5.69 Å². The monoisotopic (exact) mass is 357 g/mol. The smallest absolute Gasteiger partial charge is 0.265 e. The van der Waals surface area contributed by atoms with Crippen molar-refractivity contribution in [2.75, 3.05) is 25.0 Å². The van der Waals surface area contributed by atoms with Gasteiger partial charge in [0.2, 0.25) is 0 Å². The molecule has 0 aliphatic carbocycles. The van der Waals surface area contributed by atoms with Gasteiger partial charge in [-0.05, 0) is 54.9 Å². The van der Waals surface area contributed by atoms with Gasteiger partial charge in [-0.3, -0.25) is 9.59 Å². The number of para-hydroxylation sites is 1. The molecule has 6 heteroatoms. The Labute approximate surface area is 151 Å². The van der Waals surface area contributed by atoms with Gasteiger partial charge in [0.25, 0.3) is 11.8 Å². The number of amides is 2. The first-order chi connectivity index (χ1) is 12.1. The minimum Gasteiger partial charge on any atom is -0.351 e. The lowest BCUT2D eigenvalue weighted by molar-refractivity contribution is 0.0923. The SMILES string of the molecule is CC1(CNC(=O)c2ccccc2NC(=O)c2cccs2)CCNCC1. The fraction of sp³-hybridized carbons (Fsp3) is 0.368. The minimum atomic E-state index is -0.194. The Morgan fingerprint density at radius 2 is 1.88 bits per heavy atom. The molecule has 0 atom stereocenters. The summed E-state index contributed by atoms with van der Waals surface area (Å²) in [6, 6.07) is 10.7. The van der Waals surface area contributed by atoms with Crippen LogP contribution in [0.3, 0.4) is 0 Å². The maximum Gasteiger partial charge on any atom is 0.265 e. The van der Waals surface area contributed by atoms with Gasteiger partial charge >= 0.3 is 0 Å². The Balaban J connectivity index is 1.67. The van der Waals surface area contributed by atoms with Crippen molar-refractivity contribution >= 4 is 28.8 Å². The fourth-order valence-electron chi connectivity index (χ4n) is 2.98. The lowest BCUT2D eigenvalue weighted by Gasteiger charge is -2.34. The molecule has 0 radical (unpaired) electrons. The van der Waals surface area contributed by atoms with E-state index >= 15 is 0 Å². The van der Waals surface area contributed by atoms with Gasteiger partial charge in [0.1, 0.15) is 0 Å². The molecule has 2 amide bonds.